The fourth-order valence-electron chi connectivity index (χ4n) is 3.54. The minimum absolute atomic E-state index is 0.0232. The third kappa shape index (κ3) is 6.14. The van der Waals surface area contributed by atoms with Crippen molar-refractivity contribution in [3.63, 3.8) is 0 Å². The number of carbonyl (C=O) groups is 1. The number of nitrogens with zero attached hydrogens (tertiary/aromatic N) is 4. The van der Waals surface area contributed by atoms with Gasteiger partial charge in [-0.15, -0.1) is 0 Å². The highest BCUT2D eigenvalue weighted by Crippen LogP contribution is 2.32. The number of para-hydroxylation sites is 2. The van der Waals surface area contributed by atoms with Crippen molar-refractivity contribution in [3.8, 4) is 5.75 Å². The lowest BCUT2D eigenvalue weighted by molar-refractivity contribution is -0.145. The first-order chi connectivity index (χ1) is 15.9. The molecular weight excluding hydrogens is 453 g/mol. The summed E-state index contributed by atoms with van der Waals surface area (Å²) in [5, 5.41) is 0.671. The van der Waals surface area contributed by atoms with Gasteiger partial charge in [-0.2, -0.15) is 13.2 Å². The molecule has 0 bridgehead atoms. The molecule has 0 spiro atoms. The SMILES string of the molecule is O=C(CSc1nc(C(F)(F)F)nc2ccccc12)N1CCN(CCOc2ccccc2)CC1. The highest BCUT2D eigenvalue weighted by atomic mass is 32.2. The zero-order valence-corrected chi connectivity index (χ0v) is 18.6. The number of rotatable bonds is 7. The number of fused-ring (bicyclic) bond motifs is 1. The summed E-state index contributed by atoms with van der Waals surface area (Å²) in [5.74, 6) is -0.455. The molecule has 174 valence electrons. The minimum atomic E-state index is -4.65. The number of halogens is 3. The zero-order chi connectivity index (χ0) is 23.3. The van der Waals surface area contributed by atoms with Gasteiger partial charge in [0, 0.05) is 38.1 Å². The van der Waals surface area contributed by atoms with E-state index < -0.39 is 12.0 Å². The molecule has 6 nitrogen and oxygen atoms in total. The Morgan fingerprint density at radius 3 is 2.39 bits per heavy atom. The van der Waals surface area contributed by atoms with Gasteiger partial charge in [0.2, 0.25) is 11.7 Å². The number of amides is 1. The molecule has 10 heteroatoms. The van der Waals surface area contributed by atoms with Crippen LogP contribution in [0.25, 0.3) is 10.9 Å². The monoisotopic (exact) mass is 476 g/mol. The quantitative estimate of drug-likeness (QED) is 0.380. The van der Waals surface area contributed by atoms with Gasteiger partial charge in [-0.25, -0.2) is 9.97 Å². The number of aromatic nitrogens is 2. The maximum absolute atomic E-state index is 13.2. The van der Waals surface area contributed by atoms with Crippen LogP contribution in [0.2, 0.25) is 0 Å². The molecule has 2 heterocycles. The van der Waals surface area contributed by atoms with Crippen molar-refractivity contribution in [2.45, 2.75) is 11.2 Å². The molecule has 4 rings (SSSR count). The maximum atomic E-state index is 13.2. The lowest BCUT2D eigenvalue weighted by Crippen LogP contribution is -2.50. The molecule has 1 fully saturated rings. The molecule has 1 aromatic heterocycles. The Labute approximate surface area is 193 Å². The molecule has 0 unspecified atom stereocenters. The number of thioether (sulfide) groups is 1. The highest BCUT2D eigenvalue weighted by Gasteiger charge is 2.35. The lowest BCUT2D eigenvalue weighted by Gasteiger charge is -2.34. The predicted molar refractivity (Wildman–Crippen MR) is 120 cm³/mol. The zero-order valence-electron chi connectivity index (χ0n) is 17.8. The molecule has 0 atom stereocenters. The van der Waals surface area contributed by atoms with Crippen molar-refractivity contribution in [2.24, 2.45) is 0 Å². The van der Waals surface area contributed by atoms with E-state index in [-0.39, 0.29) is 22.2 Å². The molecule has 1 amide bonds. The second-order valence-corrected chi connectivity index (χ2v) is 8.50. The van der Waals surface area contributed by atoms with Crippen LogP contribution in [-0.4, -0.2) is 70.8 Å². The average molecular weight is 477 g/mol. The Morgan fingerprint density at radius 1 is 0.970 bits per heavy atom. The van der Waals surface area contributed by atoms with Crippen LogP contribution in [0.5, 0.6) is 5.75 Å². The molecule has 3 aromatic rings. The van der Waals surface area contributed by atoms with Crippen LogP contribution < -0.4 is 4.74 Å². The number of ether oxygens (including phenoxy) is 1. The van der Waals surface area contributed by atoms with E-state index >= 15 is 0 Å². The molecular formula is C23H23F3N4O2S. The minimum Gasteiger partial charge on any atom is -0.492 e. The number of alkyl halides is 3. The fraction of sp³-hybridized carbons (Fsp3) is 0.348. The second kappa shape index (κ2) is 10.4. The van der Waals surface area contributed by atoms with Crippen molar-refractivity contribution in [1.82, 2.24) is 19.8 Å². The van der Waals surface area contributed by atoms with Gasteiger partial charge in [-0.1, -0.05) is 48.2 Å². The van der Waals surface area contributed by atoms with E-state index in [4.69, 9.17) is 4.74 Å². The standard InChI is InChI=1S/C23H23F3N4O2S/c24-23(25,26)22-27-19-9-5-4-8-18(19)21(28-22)33-16-20(31)30-12-10-29(11-13-30)14-15-32-17-6-2-1-3-7-17/h1-9H,10-16H2. The molecule has 1 saturated heterocycles. The largest absolute Gasteiger partial charge is 0.492 e. The number of hydrogen-bond acceptors (Lipinski definition) is 6. The van der Waals surface area contributed by atoms with E-state index in [9.17, 15) is 18.0 Å². The van der Waals surface area contributed by atoms with E-state index in [2.05, 4.69) is 14.9 Å². The molecule has 2 aromatic carbocycles. The van der Waals surface area contributed by atoms with Gasteiger partial charge < -0.3 is 9.64 Å². The summed E-state index contributed by atoms with van der Waals surface area (Å²) < 4.78 is 45.3. The third-order valence-corrected chi connectivity index (χ3v) is 6.27. The summed E-state index contributed by atoms with van der Waals surface area (Å²) in [6.07, 6.45) is -4.65. The summed E-state index contributed by atoms with van der Waals surface area (Å²) in [6, 6.07) is 16.1. The van der Waals surface area contributed by atoms with Crippen LogP contribution in [0.15, 0.2) is 59.6 Å². The van der Waals surface area contributed by atoms with Crippen LogP contribution >= 0.6 is 11.8 Å². The number of carbonyl (C=O) groups excluding carboxylic acids is 1. The summed E-state index contributed by atoms with van der Waals surface area (Å²) >= 11 is 1.02. The first kappa shape index (κ1) is 23.3. The van der Waals surface area contributed by atoms with E-state index in [1.807, 2.05) is 30.3 Å². The Hall–Kier alpha value is -2.85. The first-order valence-electron chi connectivity index (χ1n) is 10.5. The summed E-state index contributed by atoms with van der Waals surface area (Å²) in [5.41, 5.74) is 0.209. The van der Waals surface area contributed by atoms with Crippen LogP contribution in [0, 0.1) is 0 Å². The fourth-order valence-corrected chi connectivity index (χ4v) is 4.46. The van der Waals surface area contributed by atoms with Gasteiger partial charge >= 0.3 is 6.18 Å². The van der Waals surface area contributed by atoms with E-state index in [1.165, 1.54) is 6.07 Å². The van der Waals surface area contributed by atoms with E-state index in [1.54, 1.807) is 23.1 Å². The van der Waals surface area contributed by atoms with Crippen LogP contribution in [-0.2, 0) is 11.0 Å². The second-order valence-electron chi connectivity index (χ2n) is 7.54. The first-order valence-corrected chi connectivity index (χ1v) is 11.5. The van der Waals surface area contributed by atoms with E-state index in [0.29, 0.717) is 25.1 Å². The molecule has 33 heavy (non-hydrogen) atoms. The number of benzene rings is 2. The normalized spacial score (nSPS) is 15.1. The van der Waals surface area contributed by atoms with Gasteiger partial charge in [-0.3, -0.25) is 9.69 Å². The van der Waals surface area contributed by atoms with Gasteiger partial charge in [0.25, 0.3) is 0 Å². The molecule has 0 aliphatic carbocycles. The maximum Gasteiger partial charge on any atom is 0.451 e. The van der Waals surface area contributed by atoms with Gasteiger partial charge in [0.15, 0.2) is 0 Å². The number of hydrogen-bond donors (Lipinski definition) is 0. The molecule has 0 saturated carbocycles. The van der Waals surface area contributed by atoms with Crippen molar-refractivity contribution in [2.75, 3.05) is 45.1 Å². The Balaban J connectivity index is 1.29. The summed E-state index contributed by atoms with van der Waals surface area (Å²) in [6.45, 7) is 3.92. The third-order valence-electron chi connectivity index (χ3n) is 5.30. The van der Waals surface area contributed by atoms with Gasteiger partial charge in [0.1, 0.15) is 17.4 Å². The molecule has 1 aliphatic rings. The smallest absolute Gasteiger partial charge is 0.451 e. The van der Waals surface area contributed by atoms with Crippen molar-refractivity contribution in [3.05, 3.63) is 60.4 Å². The molecule has 0 radical (unpaired) electrons. The van der Waals surface area contributed by atoms with Crippen LogP contribution in [0.4, 0.5) is 13.2 Å². The van der Waals surface area contributed by atoms with Gasteiger partial charge in [0.05, 0.1) is 11.3 Å². The molecule has 1 aliphatic heterocycles. The average Bonchev–Trinajstić information content (AvgIpc) is 2.82. The van der Waals surface area contributed by atoms with Crippen molar-refractivity contribution in [1.29, 1.82) is 0 Å². The van der Waals surface area contributed by atoms with Gasteiger partial charge in [-0.05, 0) is 18.2 Å². The summed E-state index contributed by atoms with van der Waals surface area (Å²) in [4.78, 5) is 24.0. The summed E-state index contributed by atoms with van der Waals surface area (Å²) in [7, 11) is 0. The van der Waals surface area contributed by atoms with Crippen LogP contribution in [0.3, 0.4) is 0 Å². The van der Waals surface area contributed by atoms with Crippen molar-refractivity contribution < 1.29 is 22.7 Å². The topological polar surface area (TPSA) is 58.6 Å². The molecule has 0 N–H and O–H groups in total. The Morgan fingerprint density at radius 2 is 1.67 bits per heavy atom. The Bertz CT molecular complexity index is 1090. The highest BCUT2D eigenvalue weighted by molar-refractivity contribution is 8.00. The Kier molecular flexibility index (Phi) is 7.34. The van der Waals surface area contributed by atoms with E-state index in [0.717, 1.165) is 37.1 Å². The van der Waals surface area contributed by atoms with Crippen LogP contribution in [0.1, 0.15) is 5.82 Å². The predicted octanol–water partition coefficient (Wildman–Crippen LogP) is 3.96. The number of piperazine rings is 1. The van der Waals surface area contributed by atoms with Crippen molar-refractivity contribution >= 4 is 28.6 Å². The lowest BCUT2D eigenvalue weighted by atomic mass is 10.2.